The van der Waals surface area contributed by atoms with Crippen LogP contribution in [0.15, 0.2) is 61.4 Å². The number of hydrogen-bond donors (Lipinski definition) is 0. The molecule has 0 radical (unpaired) electrons. The van der Waals surface area contributed by atoms with E-state index in [1.165, 1.54) is 17.0 Å². The van der Waals surface area contributed by atoms with E-state index in [9.17, 15) is 18.0 Å². The fourth-order valence-electron chi connectivity index (χ4n) is 2.76. The van der Waals surface area contributed by atoms with Crippen molar-refractivity contribution in [3.8, 4) is 5.75 Å². The highest BCUT2D eigenvalue weighted by atomic mass is 19.4. The SMILES string of the molecule is C=COC(=O)N1Cc2ccccc2OC(c2ccc(C(F)(F)F)cc2)C1. The third-order valence-corrected chi connectivity index (χ3v) is 4.04. The smallest absolute Gasteiger partial charge is 0.416 e. The van der Waals surface area contributed by atoms with Crippen LogP contribution in [0.1, 0.15) is 22.8 Å². The summed E-state index contributed by atoms with van der Waals surface area (Å²) in [4.78, 5) is 13.6. The number of para-hydroxylation sites is 1. The van der Waals surface area contributed by atoms with Gasteiger partial charge in [-0.15, -0.1) is 0 Å². The fourth-order valence-corrected chi connectivity index (χ4v) is 2.76. The Balaban J connectivity index is 1.92. The first-order chi connectivity index (χ1) is 12.4. The van der Waals surface area contributed by atoms with Gasteiger partial charge in [0.15, 0.2) is 0 Å². The van der Waals surface area contributed by atoms with E-state index in [1.807, 2.05) is 12.1 Å². The molecule has 0 N–H and O–H groups in total. The molecule has 1 unspecified atom stereocenters. The van der Waals surface area contributed by atoms with Gasteiger partial charge in [-0.3, -0.25) is 4.90 Å². The molecule has 0 bridgehead atoms. The molecule has 2 aromatic carbocycles. The Hall–Kier alpha value is -2.96. The number of amides is 1. The van der Waals surface area contributed by atoms with Gasteiger partial charge in [0.2, 0.25) is 0 Å². The second kappa shape index (κ2) is 7.11. The van der Waals surface area contributed by atoms with Gasteiger partial charge >= 0.3 is 12.3 Å². The molecule has 1 aliphatic rings. The lowest BCUT2D eigenvalue weighted by Crippen LogP contribution is -2.33. The molecule has 4 nitrogen and oxygen atoms in total. The maximum absolute atomic E-state index is 12.8. The van der Waals surface area contributed by atoms with Crippen LogP contribution in [-0.4, -0.2) is 17.5 Å². The average Bonchev–Trinajstić information content (AvgIpc) is 2.81. The number of benzene rings is 2. The lowest BCUT2D eigenvalue weighted by atomic mass is 10.1. The number of alkyl halides is 3. The molecule has 3 rings (SSSR count). The normalized spacial score (nSPS) is 16.9. The number of rotatable bonds is 2. The Bertz CT molecular complexity index is 802. The summed E-state index contributed by atoms with van der Waals surface area (Å²) in [6.07, 6.45) is -4.60. The van der Waals surface area contributed by atoms with Crippen molar-refractivity contribution in [1.29, 1.82) is 0 Å². The third kappa shape index (κ3) is 3.82. The summed E-state index contributed by atoms with van der Waals surface area (Å²) in [6.45, 7) is 3.76. The van der Waals surface area contributed by atoms with Crippen LogP contribution in [0.4, 0.5) is 18.0 Å². The largest absolute Gasteiger partial charge is 0.484 e. The monoisotopic (exact) mass is 363 g/mol. The number of carbonyl (C=O) groups excluding carboxylic acids is 1. The summed E-state index contributed by atoms with van der Waals surface area (Å²) >= 11 is 0. The molecule has 1 heterocycles. The first kappa shape index (κ1) is 17.8. The average molecular weight is 363 g/mol. The second-order valence-corrected chi connectivity index (χ2v) is 5.76. The van der Waals surface area contributed by atoms with Gasteiger partial charge in [0.05, 0.1) is 24.9 Å². The molecule has 0 aromatic heterocycles. The van der Waals surface area contributed by atoms with Gasteiger partial charge < -0.3 is 9.47 Å². The first-order valence-corrected chi connectivity index (χ1v) is 7.86. The van der Waals surface area contributed by atoms with E-state index in [0.29, 0.717) is 11.3 Å². The lowest BCUT2D eigenvalue weighted by molar-refractivity contribution is -0.137. The van der Waals surface area contributed by atoms with Crippen LogP contribution in [0.5, 0.6) is 5.75 Å². The molecule has 1 amide bonds. The number of halogens is 3. The summed E-state index contributed by atoms with van der Waals surface area (Å²) in [5.74, 6) is 0.575. The number of ether oxygens (including phenoxy) is 2. The maximum atomic E-state index is 12.8. The van der Waals surface area contributed by atoms with Crippen molar-refractivity contribution in [2.45, 2.75) is 18.8 Å². The Kier molecular flexibility index (Phi) is 4.88. The molecule has 0 fully saturated rings. The maximum Gasteiger partial charge on any atom is 0.416 e. The van der Waals surface area contributed by atoms with E-state index in [4.69, 9.17) is 9.47 Å². The summed E-state index contributed by atoms with van der Waals surface area (Å²) in [5, 5.41) is 0. The Labute approximate surface area is 148 Å². The van der Waals surface area contributed by atoms with Crippen LogP contribution in [0, 0.1) is 0 Å². The van der Waals surface area contributed by atoms with E-state index in [0.717, 1.165) is 24.0 Å². The summed E-state index contributed by atoms with van der Waals surface area (Å²) in [6, 6.07) is 11.9. The van der Waals surface area contributed by atoms with Crippen molar-refractivity contribution in [1.82, 2.24) is 4.90 Å². The molecule has 7 heteroatoms. The summed E-state index contributed by atoms with van der Waals surface area (Å²) in [7, 11) is 0. The molecular formula is C19H16F3NO3. The predicted molar refractivity (Wildman–Crippen MR) is 88.3 cm³/mol. The van der Waals surface area contributed by atoms with Crippen molar-refractivity contribution in [2.24, 2.45) is 0 Å². The Morgan fingerprint density at radius 2 is 1.88 bits per heavy atom. The zero-order valence-corrected chi connectivity index (χ0v) is 13.7. The number of nitrogens with zero attached hydrogens (tertiary/aromatic N) is 1. The Morgan fingerprint density at radius 1 is 1.19 bits per heavy atom. The molecule has 0 saturated carbocycles. The second-order valence-electron chi connectivity index (χ2n) is 5.76. The van der Waals surface area contributed by atoms with Crippen LogP contribution in [0.25, 0.3) is 0 Å². The van der Waals surface area contributed by atoms with E-state index in [2.05, 4.69) is 6.58 Å². The standard InChI is InChI=1S/C19H16F3NO3/c1-2-25-18(24)23-11-14-5-3-4-6-16(14)26-17(12-23)13-7-9-15(10-8-13)19(20,21)22/h2-10,17H,1,11-12H2. The lowest BCUT2D eigenvalue weighted by Gasteiger charge is -2.23. The van der Waals surface area contributed by atoms with Crippen molar-refractivity contribution in [2.75, 3.05) is 6.54 Å². The van der Waals surface area contributed by atoms with E-state index < -0.39 is 23.9 Å². The molecule has 0 spiro atoms. The van der Waals surface area contributed by atoms with Crippen molar-refractivity contribution >= 4 is 6.09 Å². The Morgan fingerprint density at radius 3 is 2.54 bits per heavy atom. The number of hydrogen-bond acceptors (Lipinski definition) is 3. The highest BCUT2D eigenvalue weighted by Crippen LogP contribution is 2.34. The highest BCUT2D eigenvalue weighted by molar-refractivity contribution is 5.68. The van der Waals surface area contributed by atoms with Gasteiger partial charge in [-0.05, 0) is 23.8 Å². The third-order valence-electron chi connectivity index (χ3n) is 4.04. The van der Waals surface area contributed by atoms with E-state index in [1.54, 1.807) is 12.1 Å². The summed E-state index contributed by atoms with van der Waals surface area (Å²) in [5.41, 5.74) is 0.576. The van der Waals surface area contributed by atoms with Crippen LogP contribution < -0.4 is 4.74 Å². The highest BCUT2D eigenvalue weighted by Gasteiger charge is 2.32. The van der Waals surface area contributed by atoms with Gasteiger partial charge in [0.1, 0.15) is 11.9 Å². The van der Waals surface area contributed by atoms with Crippen molar-refractivity contribution < 1.29 is 27.4 Å². The summed E-state index contributed by atoms with van der Waals surface area (Å²) < 4.78 is 49.1. The predicted octanol–water partition coefficient (Wildman–Crippen LogP) is 4.92. The fraction of sp³-hybridized carbons (Fsp3) is 0.211. The minimum Gasteiger partial charge on any atom is -0.484 e. The molecule has 26 heavy (non-hydrogen) atoms. The molecule has 0 aliphatic carbocycles. The van der Waals surface area contributed by atoms with Crippen LogP contribution >= 0.6 is 0 Å². The van der Waals surface area contributed by atoms with Gasteiger partial charge in [-0.25, -0.2) is 4.79 Å². The topological polar surface area (TPSA) is 38.8 Å². The first-order valence-electron chi connectivity index (χ1n) is 7.86. The zero-order valence-electron chi connectivity index (χ0n) is 13.7. The molecule has 0 saturated heterocycles. The molecular weight excluding hydrogens is 347 g/mol. The van der Waals surface area contributed by atoms with Crippen LogP contribution in [-0.2, 0) is 17.5 Å². The van der Waals surface area contributed by atoms with Gasteiger partial charge in [0, 0.05) is 5.56 Å². The minimum absolute atomic E-state index is 0.132. The molecule has 2 aromatic rings. The quantitative estimate of drug-likeness (QED) is 0.711. The van der Waals surface area contributed by atoms with Crippen LogP contribution in [0.2, 0.25) is 0 Å². The van der Waals surface area contributed by atoms with Crippen molar-refractivity contribution in [3.63, 3.8) is 0 Å². The number of carbonyl (C=O) groups is 1. The zero-order chi connectivity index (χ0) is 18.7. The van der Waals surface area contributed by atoms with E-state index >= 15 is 0 Å². The van der Waals surface area contributed by atoms with Gasteiger partial charge in [-0.2, -0.15) is 13.2 Å². The van der Waals surface area contributed by atoms with Gasteiger partial charge in [-0.1, -0.05) is 36.9 Å². The van der Waals surface area contributed by atoms with Crippen LogP contribution in [0.3, 0.4) is 0 Å². The van der Waals surface area contributed by atoms with Crippen molar-refractivity contribution in [3.05, 3.63) is 78.1 Å². The minimum atomic E-state index is -4.41. The molecule has 1 aliphatic heterocycles. The van der Waals surface area contributed by atoms with E-state index in [-0.39, 0.29) is 13.1 Å². The number of fused-ring (bicyclic) bond motifs is 1. The molecule has 136 valence electrons. The molecule has 1 atom stereocenters. The van der Waals surface area contributed by atoms with Gasteiger partial charge in [0.25, 0.3) is 0 Å².